The molecule has 0 radical (unpaired) electrons. The van der Waals surface area contributed by atoms with Crippen molar-refractivity contribution in [3.63, 3.8) is 0 Å². The average Bonchev–Trinajstić information content (AvgIpc) is 2.54. The third kappa shape index (κ3) is 4.83. The normalized spacial score (nSPS) is 13.2. The van der Waals surface area contributed by atoms with Gasteiger partial charge in [-0.05, 0) is 51.0 Å². The molecular weight excluding hydrogens is 302 g/mol. The molecule has 2 rings (SSSR count). The monoisotopic (exact) mass is 327 g/mol. The van der Waals surface area contributed by atoms with Gasteiger partial charge in [0.1, 0.15) is 5.75 Å². The van der Waals surface area contributed by atoms with E-state index >= 15 is 0 Å². The van der Waals surface area contributed by atoms with Crippen LogP contribution >= 0.6 is 0 Å². The maximum atomic E-state index is 12.4. The molecule has 2 N–H and O–H groups in total. The number of aliphatic hydroxyl groups excluding tert-OH is 1. The van der Waals surface area contributed by atoms with Gasteiger partial charge in [0.2, 0.25) is 0 Å². The zero-order valence-corrected chi connectivity index (χ0v) is 14.7. The molecule has 0 saturated heterocycles. The molecule has 2 atom stereocenters. The highest BCUT2D eigenvalue weighted by atomic mass is 16.5. The van der Waals surface area contributed by atoms with Crippen LogP contribution in [-0.4, -0.2) is 17.1 Å². The number of carbonyl (C=O) groups excluding carboxylic acids is 1. The van der Waals surface area contributed by atoms with Gasteiger partial charge in [-0.15, -0.1) is 0 Å². The van der Waals surface area contributed by atoms with Gasteiger partial charge in [-0.25, -0.2) is 0 Å². The second-order valence-corrected chi connectivity index (χ2v) is 6.22. The van der Waals surface area contributed by atoms with E-state index in [1.54, 1.807) is 31.2 Å². The molecule has 0 heterocycles. The summed E-state index contributed by atoms with van der Waals surface area (Å²) < 4.78 is 5.68. The van der Waals surface area contributed by atoms with Crippen molar-refractivity contribution < 1.29 is 14.6 Å². The third-order valence-corrected chi connectivity index (χ3v) is 3.87. The van der Waals surface area contributed by atoms with Crippen LogP contribution in [0, 0.1) is 13.8 Å². The molecule has 0 aromatic heterocycles. The molecule has 0 aliphatic heterocycles. The van der Waals surface area contributed by atoms with Crippen molar-refractivity contribution in [3.05, 3.63) is 64.7 Å². The number of nitrogens with one attached hydrogen (secondary N) is 1. The van der Waals surface area contributed by atoms with Gasteiger partial charge in [0.25, 0.3) is 5.91 Å². The number of aliphatic hydroxyl groups is 1. The first kappa shape index (κ1) is 18.0. The predicted molar refractivity (Wildman–Crippen MR) is 94.9 cm³/mol. The highest BCUT2D eigenvalue weighted by molar-refractivity contribution is 5.81. The number of hydrogen-bond acceptors (Lipinski definition) is 3. The van der Waals surface area contributed by atoms with Crippen LogP contribution < -0.4 is 10.1 Å². The Hall–Kier alpha value is -2.33. The number of carbonyl (C=O) groups is 1. The van der Waals surface area contributed by atoms with Crippen molar-refractivity contribution in [1.82, 2.24) is 5.32 Å². The Bertz CT molecular complexity index is 692. The summed E-state index contributed by atoms with van der Waals surface area (Å²) >= 11 is 0. The minimum Gasteiger partial charge on any atom is -0.481 e. The minimum absolute atomic E-state index is 0.0540. The van der Waals surface area contributed by atoms with Gasteiger partial charge in [-0.3, -0.25) is 4.79 Å². The zero-order valence-electron chi connectivity index (χ0n) is 14.7. The van der Waals surface area contributed by atoms with E-state index in [2.05, 4.69) is 23.5 Å². The summed E-state index contributed by atoms with van der Waals surface area (Å²) in [7, 11) is 0. The van der Waals surface area contributed by atoms with Crippen LogP contribution in [0.15, 0.2) is 42.5 Å². The second kappa shape index (κ2) is 7.97. The SMILES string of the molecule is Cc1cc(C)cc(C(C)NC(=O)C(C)Oc2cccc(CO)c2)c1. The quantitative estimate of drug-likeness (QED) is 0.854. The van der Waals surface area contributed by atoms with E-state index in [-0.39, 0.29) is 18.6 Å². The largest absolute Gasteiger partial charge is 0.481 e. The van der Waals surface area contributed by atoms with Gasteiger partial charge in [0.05, 0.1) is 12.6 Å². The van der Waals surface area contributed by atoms with Crippen molar-refractivity contribution in [1.29, 1.82) is 0 Å². The molecule has 1 amide bonds. The van der Waals surface area contributed by atoms with E-state index in [0.717, 1.165) is 11.1 Å². The molecule has 0 bridgehead atoms. The zero-order chi connectivity index (χ0) is 17.7. The van der Waals surface area contributed by atoms with Crippen molar-refractivity contribution in [2.24, 2.45) is 0 Å². The van der Waals surface area contributed by atoms with Crippen LogP contribution in [0.5, 0.6) is 5.75 Å². The number of benzene rings is 2. The number of rotatable bonds is 6. The first-order chi connectivity index (χ1) is 11.4. The predicted octanol–water partition coefficient (Wildman–Crippen LogP) is 3.44. The molecule has 0 fully saturated rings. The summed E-state index contributed by atoms with van der Waals surface area (Å²) in [6.07, 6.45) is -0.618. The summed E-state index contributed by atoms with van der Waals surface area (Å²) in [4.78, 5) is 12.4. The standard InChI is InChI=1S/C20H25NO3/c1-13-8-14(2)10-18(9-13)15(3)21-20(23)16(4)24-19-7-5-6-17(11-19)12-22/h5-11,15-16,22H,12H2,1-4H3,(H,21,23). The van der Waals surface area contributed by atoms with Crippen molar-refractivity contribution in [2.75, 3.05) is 0 Å². The van der Waals surface area contributed by atoms with Gasteiger partial charge < -0.3 is 15.2 Å². The van der Waals surface area contributed by atoms with E-state index < -0.39 is 6.10 Å². The number of ether oxygens (including phenoxy) is 1. The molecular formula is C20H25NO3. The van der Waals surface area contributed by atoms with E-state index in [1.807, 2.05) is 20.8 Å². The first-order valence-electron chi connectivity index (χ1n) is 8.14. The third-order valence-electron chi connectivity index (χ3n) is 3.87. The van der Waals surface area contributed by atoms with Crippen LogP contribution in [0.2, 0.25) is 0 Å². The Morgan fingerprint density at radius 3 is 2.42 bits per heavy atom. The second-order valence-electron chi connectivity index (χ2n) is 6.22. The van der Waals surface area contributed by atoms with Crippen molar-refractivity contribution in [3.8, 4) is 5.75 Å². The Labute approximate surface area is 143 Å². The van der Waals surface area contributed by atoms with Crippen LogP contribution in [0.25, 0.3) is 0 Å². The van der Waals surface area contributed by atoms with Crippen molar-refractivity contribution >= 4 is 5.91 Å². The summed E-state index contributed by atoms with van der Waals surface area (Å²) in [5, 5.41) is 12.1. The summed E-state index contributed by atoms with van der Waals surface area (Å²) in [5.41, 5.74) is 4.19. The lowest BCUT2D eigenvalue weighted by molar-refractivity contribution is -0.127. The molecule has 0 aliphatic rings. The summed E-state index contributed by atoms with van der Waals surface area (Å²) in [6, 6.07) is 13.3. The molecule has 4 nitrogen and oxygen atoms in total. The lowest BCUT2D eigenvalue weighted by Gasteiger charge is -2.20. The van der Waals surface area contributed by atoms with Crippen LogP contribution in [0.4, 0.5) is 0 Å². The molecule has 0 saturated carbocycles. The van der Waals surface area contributed by atoms with Crippen LogP contribution in [-0.2, 0) is 11.4 Å². The van der Waals surface area contributed by atoms with Gasteiger partial charge in [0.15, 0.2) is 6.10 Å². The Kier molecular flexibility index (Phi) is 5.99. The van der Waals surface area contributed by atoms with E-state index in [9.17, 15) is 4.79 Å². The average molecular weight is 327 g/mol. The van der Waals surface area contributed by atoms with Crippen LogP contribution in [0.1, 0.15) is 42.1 Å². The molecule has 0 spiro atoms. The highest BCUT2D eigenvalue weighted by Gasteiger charge is 2.18. The molecule has 2 aromatic rings. The molecule has 0 aliphatic carbocycles. The Balaban J connectivity index is 2.00. The fourth-order valence-electron chi connectivity index (χ4n) is 2.65. The fraction of sp³-hybridized carbons (Fsp3) is 0.350. The summed E-state index contributed by atoms with van der Waals surface area (Å²) in [5.74, 6) is 0.402. The van der Waals surface area contributed by atoms with Gasteiger partial charge in [-0.2, -0.15) is 0 Å². The lowest BCUT2D eigenvalue weighted by atomic mass is 10.0. The number of aryl methyl sites for hydroxylation is 2. The number of hydrogen-bond donors (Lipinski definition) is 2. The first-order valence-corrected chi connectivity index (χ1v) is 8.14. The maximum absolute atomic E-state index is 12.4. The highest BCUT2D eigenvalue weighted by Crippen LogP contribution is 2.18. The molecule has 4 heteroatoms. The smallest absolute Gasteiger partial charge is 0.261 e. The van der Waals surface area contributed by atoms with Gasteiger partial charge >= 0.3 is 0 Å². The van der Waals surface area contributed by atoms with E-state index in [4.69, 9.17) is 9.84 Å². The van der Waals surface area contributed by atoms with Gasteiger partial charge in [-0.1, -0.05) is 41.5 Å². The Morgan fingerprint density at radius 2 is 1.79 bits per heavy atom. The lowest BCUT2D eigenvalue weighted by Crippen LogP contribution is -2.37. The molecule has 2 unspecified atom stereocenters. The minimum atomic E-state index is -0.618. The topological polar surface area (TPSA) is 58.6 Å². The number of amides is 1. The molecule has 2 aromatic carbocycles. The Morgan fingerprint density at radius 1 is 1.12 bits per heavy atom. The maximum Gasteiger partial charge on any atom is 0.261 e. The fourth-order valence-corrected chi connectivity index (χ4v) is 2.65. The summed E-state index contributed by atoms with van der Waals surface area (Å²) in [6.45, 7) is 7.72. The van der Waals surface area contributed by atoms with Crippen molar-refractivity contribution in [2.45, 2.75) is 46.4 Å². The van der Waals surface area contributed by atoms with E-state index in [0.29, 0.717) is 5.75 Å². The van der Waals surface area contributed by atoms with E-state index in [1.165, 1.54) is 11.1 Å². The van der Waals surface area contributed by atoms with Crippen LogP contribution in [0.3, 0.4) is 0 Å². The van der Waals surface area contributed by atoms with Gasteiger partial charge in [0, 0.05) is 0 Å². The molecule has 24 heavy (non-hydrogen) atoms. The molecule has 128 valence electrons.